The quantitative estimate of drug-likeness (QED) is 0.0852. The Balaban J connectivity index is 0.000000198. The number of nitrogens with one attached hydrogen (secondary N) is 7. The Hall–Kier alpha value is -5.65. The predicted octanol–water partition coefficient (Wildman–Crippen LogP) is 11.0. The van der Waals surface area contributed by atoms with Crippen LogP contribution >= 0.6 is 46.4 Å². The largest absolute Gasteiger partial charge is 0.444 e. The highest BCUT2D eigenvalue weighted by atomic mass is 35.5. The summed E-state index contributed by atoms with van der Waals surface area (Å²) in [6.07, 6.45) is 6.27. The highest BCUT2D eigenvalue weighted by Crippen LogP contribution is 2.32. The summed E-state index contributed by atoms with van der Waals surface area (Å²) in [5.41, 5.74) is 3.40. The monoisotopic (exact) mass is 964 g/mol. The molecule has 16 nitrogen and oxygen atoms in total. The maximum Gasteiger partial charge on any atom is 0.410 e. The number of anilines is 6. The van der Waals surface area contributed by atoms with Crippen LogP contribution in [0.1, 0.15) is 48.5 Å². The molecule has 20 heteroatoms. The zero-order valence-corrected chi connectivity index (χ0v) is 40.0. The van der Waals surface area contributed by atoms with Crippen molar-refractivity contribution in [1.29, 1.82) is 0 Å². The Morgan fingerprint density at radius 3 is 1.49 bits per heavy atom. The number of urea groups is 2. The number of aromatic amines is 2. The van der Waals surface area contributed by atoms with Gasteiger partial charge in [0.2, 0.25) is 0 Å². The molecule has 0 spiro atoms. The van der Waals surface area contributed by atoms with E-state index < -0.39 is 11.6 Å². The molecule has 4 aromatic heterocycles. The van der Waals surface area contributed by atoms with Gasteiger partial charge in [-0.3, -0.25) is 4.90 Å². The first-order valence-electron chi connectivity index (χ1n) is 21.1. The van der Waals surface area contributed by atoms with Crippen LogP contribution in [0, 0.1) is 0 Å². The van der Waals surface area contributed by atoms with Gasteiger partial charge >= 0.3 is 18.2 Å². The minimum absolute atomic E-state index is 0.102. The number of hydrogen-bond donors (Lipinski definition) is 7. The van der Waals surface area contributed by atoms with E-state index in [2.05, 4.69) is 65.3 Å². The predicted molar refractivity (Wildman–Crippen MR) is 264 cm³/mol. The minimum Gasteiger partial charge on any atom is -0.444 e. The summed E-state index contributed by atoms with van der Waals surface area (Å²) in [6.45, 7) is 16.5. The Morgan fingerprint density at radius 1 is 0.646 bits per heavy atom. The van der Waals surface area contributed by atoms with Crippen molar-refractivity contribution < 1.29 is 19.1 Å². The van der Waals surface area contributed by atoms with E-state index in [0.717, 1.165) is 40.7 Å². The fourth-order valence-electron chi connectivity index (χ4n) is 8.10. The normalized spacial score (nSPS) is 18.8. The van der Waals surface area contributed by atoms with Gasteiger partial charge in [-0.05, 0) is 97.0 Å². The maximum atomic E-state index is 12.7. The van der Waals surface area contributed by atoms with Crippen LogP contribution in [0.15, 0.2) is 73.3 Å². The number of aromatic nitrogens is 4. The van der Waals surface area contributed by atoms with Gasteiger partial charge in [-0.25, -0.2) is 24.4 Å². The third kappa shape index (κ3) is 11.8. The van der Waals surface area contributed by atoms with Crippen LogP contribution in [0.2, 0.25) is 20.1 Å². The van der Waals surface area contributed by atoms with Crippen LogP contribution in [0.4, 0.5) is 48.8 Å². The van der Waals surface area contributed by atoms with Crippen LogP contribution in [-0.4, -0.2) is 98.9 Å². The number of carbonyl (C=O) groups is 3. The molecule has 344 valence electrons. The topological polar surface area (TPSA) is 188 Å². The molecule has 2 aromatic carbocycles. The molecule has 5 amide bonds. The zero-order chi connectivity index (χ0) is 46.7. The first-order chi connectivity index (χ1) is 30.8. The van der Waals surface area contributed by atoms with Gasteiger partial charge in [0.1, 0.15) is 17.2 Å². The number of benzene rings is 2. The van der Waals surface area contributed by atoms with Crippen molar-refractivity contribution in [2.75, 3.05) is 57.2 Å². The molecule has 0 bridgehead atoms. The second-order valence-corrected chi connectivity index (χ2v) is 19.1. The maximum absolute atomic E-state index is 12.7. The number of rotatable bonds is 6. The van der Waals surface area contributed by atoms with E-state index in [4.69, 9.17) is 51.1 Å². The second kappa shape index (κ2) is 19.8. The lowest BCUT2D eigenvalue weighted by atomic mass is 10.1. The number of H-pyrrole nitrogens is 2. The molecule has 2 aliphatic rings. The first kappa shape index (κ1) is 47.3. The Morgan fingerprint density at radius 2 is 1.08 bits per heavy atom. The molecule has 6 aromatic rings. The van der Waals surface area contributed by atoms with E-state index in [-0.39, 0.29) is 24.2 Å². The van der Waals surface area contributed by atoms with Gasteiger partial charge in [0.05, 0.1) is 57.3 Å². The second-order valence-electron chi connectivity index (χ2n) is 17.4. The smallest absolute Gasteiger partial charge is 0.410 e. The van der Waals surface area contributed by atoms with Gasteiger partial charge < -0.3 is 51.1 Å². The minimum atomic E-state index is -0.561. The molecule has 2 aliphatic heterocycles. The van der Waals surface area contributed by atoms with Crippen LogP contribution in [0.3, 0.4) is 0 Å². The highest BCUT2D eigenvalue weighted by molar-refractivity contribution is 6.34. The summed E-state index contributed by atoms with van der Waals surface area (Å²) in [5.74, 6) is 1.32. The lowest BCUT2D eigenvalue weighted by Crippen LogP contribution is -2.59. The molecule has 2 fully saturated rings. The summed E-state index contributed by atoms with van der Waals surface area (Å²) in [4.78, 5) is 58.8. The Bertz CT molecular complexity index is 2680. The lowest BCUT2D eigenvalue weighted by Gasteiger charge is -2.45. The van der Waals surface area contributed by atoms with Gasteiger partial charge in [-0.2, -0.15) is 0 Å². The SMILES string of the molecule is CC1CN(c2ncc(NC(=O)Nc3c[nH]c4ccc(Cl)cc34)cc2Cl)CC(C)N1.CC1CN(c2ncc(NC(=O)Nc3c[nH]c4ccc(Cl)cc34)cc2Cl)CC(C)N1C(=O)OC(C)(C)C. The van der Waals surface area contributed by atoms with E-state index in [1.54, 1.807) is 66.1 Å². The number of fused-ring (bicyclic) bond motifs is 2. The number of pyridine rings is 2. The van der Waals surface area contributed by atoms with Crippen molar-refractivity contribution in [2.45, 2.75) is 78.2 Å². The summed E-state index contributed by atoms with van der Waals surface area (Å²) in [6, 6.07) is 13.9. The van der Waals surface area contributed by atoms with Crippen molar-refractivity contribution in [2.24, 2.45) is 0 Å². The van der Waals surface area contributed by atoms with Crippen molar-refractivity contribution >= 4 is 121 Å². The van der Waals surface area contributed by atoms with Crippen molar-refractivity contribution in [3.8, 4) is 0 Å². The number of ether oxygens (including phenoxy) is 1. The standard InChI is InChI=1S/C25H30Cl2N6O3.C20H22Cl2N6O/c1-14-12-32(13-15(2)33(14)24(35)36-25(3,4)5)22-19(27)9-17(10-29-22)30-23(34)31-21-11-28-20-7-6-16(26)8-18(20)21;1-11-9-28(10-12(2)25-11)19-16(22)6-14(7-24-19)26-20(29)27-18-8-23-17-4-3-13(21)5-15(17)18/h6-11,14-15,28H,12-13H2,1-5H3,(H2,30,31,34);3-8,11-12,23,25H,9-10H2,1-2H3,(H2,26,27,29). The van der Waals surface area contributed by atoms with Crippen molar-refractivity contribution in [3.63, 3.8) is 0 Å². The van der Waals surface area contributed by atoms with Crippen LogP contribution in [0.5, 0.6) is 0 Å². The molecule has 2 saturated heterocycles. The Labute approximate surface area is 397 Å². The average molecular weight is 967 g/mol. The highest BCUT2D eigenvalue weighted by Gasteiger charge is 2.36. The van der Waals surface area contributed by atoms with Gasteiger partial charge in [-0.1, -0.05) is 46.4 Å². The van der Waals surface area contributed by atoms with E-state index in [1.807, 2.05) is 51.7 Å². The van der Waals surface area contributed by atoms with Crippen molar-refractivity contribution in [3.05, 3.63) is 93.4 Å². The summed E-state index contributed by atoms with van der Waals surface area (Å²) < 4.78 is 5.57. The molecule has 0 radical (unpaired) electrons. The molecular weight excluding hydrogens is 914 g/mol. The number of amides is 5. The van der Waals surface area contributed by atoms with E-state index in [0.29, 0.717) is 73.8 Å². The molecule has 65 heavy (non-hydrogen) atoms. The fraction of sp³-hybridized carbons (Fsp3) is 0.356. The molecule has 4 unspecified atom stereocenters. The number of halogens is 4. The number of nitrogens with zero attached hydrogens (tertiary/aromatic N) is 5. The van der Waals surface area contributed by atoms with Crippen molar-refractivity contribution in [1.82, 2.24) is 30.2 Å². The molecule has 8 rings (SSSR count). The fourth-order valence-corrected chi connectivity index (χ4v) is 9.01. The van der Waals surface area contributed by atoms with Gasteiger partial charge in [0, 0.05) is 82.5 Å². The lowest BCUT2D eigenvalue weighted by molar-refractivity contribution is 0.00559. The van der Waals surface area contributed by atoms with Gasteiger partial charge in [0.15, 0.2) is 0 Å². The zero-order valence-electron chi connectivity index (χ0n) is 36.9. The summed E-state index contributed by atoms with van der Waals surface area (Å²) >= 11 is 25.2. The molecular formula is C45H52Cl4N12O4. The molecule has 7 N–H and O–H groups in total. The number of carbonyl (C=O) groups excluding carboxylic acids is 3. The third-order valence-electron chi connectivity index (χ3n) is 10.6. The molecule has 4 atom stereocenters. The van der Waals surface area contributed by atoms with Crippen LogP contribution < -0.4 is 36.4 Å². The third-order valence-corrected chi connectivity index (χ3v) is 11.6. The van der Waals surface area contributed by atoms with Gasteiger partial charge in [0.25, 0.3) is 0 Å². The molecule has 0 aliphatic carbocycles. The number of hydrogen-bond acceptors (Lipinski definition) is 9. The van der Waals surface area contributed by atoms with E-state index in [9.17, 15) is 14.4 Å². The van der Waals surface area contributed by atoms with Crippen LogP contribution in [-0.2, 0) is 4.74 Å². The van der Waals surface area contributed by atoms with Crippen LogP contribution in [0.25, 0.3) is 21.8 Å². The average Bonchev–Trinajstić information content (AvgIpc) is 3.79. The Kier molecular flexibility index (Phi) is 14.4. The number of piperazine rings is 2. The van der Waals surface area contributed by atoms with E-state index in [1.165, 1.54) is 0 Å². The van der Waals surface area contributed by atoms with E-state index >= 15 is 0 Å². The van der Waals surface area contributed by atoms with Gasteiger partial charge in [-0.15, -0.1) is 0 Å². The molecule has 6 heterocycles. The first-order valence-corrected chi connectivity index (χ1v) is 22.6. The summed E-state index contributed by atoms with van der Waals surface area (Å²) in [5, 5.41) is 18.4. The molecule has 0 saturated carbocycles. The summed E-state index contributed by atoms with van der Waals surface area (Å²) in [7, 11) is 0.